The summed E-state index contributed by atoms with van der Waals surface area (Å²) in [5.74, 6) is 1.90. The molecule has 7 nitrogen and oxygen atoms in total. The Morgan fingerprint density at radius 2 is 2.23 bits per heavy atom. The Kier molecular flexibility index (Phi) is 5.75. The molecule has 3 N–H and O–H groups in total. The number of nitrogens with one attached hydrogen (secondary N) is 1. The molecule has 1 fully saturated rings. The summed E-state index contributed by atoms with van der Waals surface area (Å²) in [4.78, 5) is 23.0. The molecule has 0 spiro atoms. The summed E-state index contributed by atoms with van der Waals surface area (Å²) in [5, 5.41) is 3.37. The zero-order valence-corrected chi connectivity index (χ0v) is 15.6. The van der Waals surface area contributed by atoms with E-state index in [2.05, 4.69) is 27.8 Å². The molecule has 0 radical (unpaired) electrons. The standard InChI is InChI=1S/C19H28N6O/c1-3-21-19(25-10-6-7-14(13-25)11-17(20)26)22-12-18-23-15-8-4-5-9-16(15)24(18)2/h4-5,8-9,14H,3,6-7,10-13H2,1-2H3,(H2,20,26)(H,21,22). The smallest absolute Gasteiger partial charge is 0.217 e. The number of nitrogens with zero attached hydrogens (tertiary/aromatic N) is 4. The summed E-state index contributed by atoms with van der Waals surface area (Å²) in [6.07, 6.45) is 2.54. The van der Waals surface area contributed by atoms with Crippen LogP contribution in [0.2, 0.25) is 0 Å². The molecular weight excluding hydrogens is 328 g/mol. The van der Waals surface area contributed by atoms with E-state index in [1.165, 1.54) is 0 Å². The van der Waals surface area contributed by atoms with Gasteiger partial charge in [-0.25, -0.2) is 9.98 Å². The van der Waals surface area contributed by atoms with Crippen LogP contribution in [0, 0.1) is 5.92 Å². The number of hydrogen-bond acceptors (Lipinski definition) is 3. The average molecular weight is 356 g/mol. The van der Waals surface area contributed by atoms with Gasteiger partial charge < -0.3 is 20.5 Å². The Labute approximate surface area is 154 Å². The number of carbonyl (C=O) groups excluding carboxylic acids is 1. The van der Waals surface area contributed by atoms with Gasteiger partial charge in [-0.05, 0) is 37.8 Å². The molecule has 3 rings (SSSR count). The van der Waals surface area contributed by atoms with Crippen molar-refractivity contribution >= 4 is 22.9 Å². The van der Waals surface area contributed by atoms with E-state index < -0.39 is 0 Å². The van der Waals surface area contributed by atoms with Gasteiger partial charge in [0.25, 0.3) is 0 Å². The molecule has 2 heterocycles. The van der Waals surface area contributed by atoms with Crippen molar-refractivity contribution < 1.29 is 4.79 Å². The Balaban J connectivity index is 1.75. The predicted octanol–water partition coefficient (Wildman–Crippen LogP) is 1.63. The number of piperidine rings is 1. The number of likely N-dealkylation sites (tertiary alicyclic amines) is 1. The molecule has 1 aliphatic rings. The highest BCUT2D eigenvalue weighted by atomic mass is 16.1. The van der Waals surface area contributed by atoms with Crippen LogP contribution in [0.1, 0.15) is 32.0 Å². The Morgan fingerprint density at radius 1 is 1.42 bits per heavy atom. The minimum atomic E-state index is -0.224. The number of rotatable bonds is 5. The maximum atomic E-state index is 11.3. The summed E-state index contributed by atoms with van der Waals surface area (Å²) in [7, 11) is 2.02. The van der Waals surface area contributed by atoms with E-state index in [1.807, 2.05) is 25.2 Å². The van der Waals surface area contributed by atoms with Crippen LogP contribution >= 0.6 is 0 Å². The van der Waals surface area contributed by atoms with E-state index in [1.54, 1.807) is 0 Å². The lowest BCUT2D eigenvalue weighted by molar-refractivity contribution is -0.119. The van der Waals surface area contributed by atoms with Crippen molar-refractivity contribution in [2.75, 3.05) is 19.6 Å². The molecule has 140 valence electrons. The lowest BCUT2D eigenvalue weighted by Crippen LogP contribution is -2.47. The lowest BCUT2D eigenvalue weighted by Gasteiger charge is -2.34. The van der Waals surface area contributed by atoms with Crippen LogP contribution in [0.4, 0.5) is 0 Å². The number of para-hydroxylation sites is 2. The van der Waals surface area contributed by atoms with Gasteiger partial charge in [0.1, 0.15) is 12.4 Å². The first-order valence-corrected chi connectivity index (χ1v) is 9.30. The highest BCUT2D eigenvalue weighted by molar-refractivity contribution is 5.80. The summed E-state index contributed by atoms with van der Waals surface area (Å²) < 4.78 is 2.09. The van der Waals surface area contributed by atoms with Crippen molar-refractivity contribution in [2.45, 2.75) is 32.7 Å². The van der Waals surface area contributed by atoms with Crippen LogP contribution in [0.3, 0.4) is 0 Å². The molecule has 1 aromatic heterocycles. The van der Waals surface area contributed by atoms with Crippen LogP contribution in [0.15, 0.2) is 29.3 Å². The molecule has 1 atom stereocenters. The number of imidazole rings is 1. The van der Waals surface area contributed by atoms with Gasteiger partial charge in [0, 0.05) is 33.1 Å². The monoisotopic (exact) mass is 356 g/mol. The molecule has 1 aromatic carbocycles. The maximum absolute atomic E-state index is 11.3. The summed E-state index contributed by atoms with van der Waals surface area (Å²) in [6.45, 7) is 5.15. The van der Waals surface area contributed by atoms with Crippen molar-refractivity contribution in [1.29, 1.82) is 0 Å². The topological polar surface area (TPSA) is 88.5 Å². The van der Waals surface area contributed by atoms with Gasteiger partial charge in [-0.1, -0.05) is 12.1 Å². The first-order valence-electron chi connectivity index (χ1n) is 9.30. The third-order valence-electron chi connectivity index (χ3n) is 4.89. The van der Waals surface area contributed by atoms with E-state index in [9.17, 15) is 4.79 Å². The number of fused-ring (bicyclic) bond motifs is 1. The number of hydrogen-bond donors (Lipinski definition) is 2. The van der Waals surface area contributed by atoms with Crippen molar-refractivity contribution in [3.63, 3.8) is 0 Å². The molecule has 1 saturated heterocycles. The molecule has 26 heavy (non-hydrogen) atoms. The van der Waals surface area contributed by atoms with Gasteiger partial charge in [0.15, 0.2) is 5.96 Å². The van der Waals surface area contributed by atoms with Gasteiger partial charge in [0.05, 0.1) is 11.0 Å². The molecule has 2 aromatic rings. The SMILES string of the molecule is CCNC(=NCc1nc2ccccc2n1C)N1CCCC(CC(N)=O)C1. The second-order valence-electron chi connectivity index (χ2n) is 6.87. The molecule has 1 unspecified atom stereocenters. The molecule has 0 bridgehead atoms. The van der Waals surface area contributed by atoms with Crippen molar-refractivity contribution in [2.24, 2.45) is 23.7 Å². The zero-order valence-electron chi connectivity index (χ0n) is 15.6. The Bertz CT molecular complexity index is 796. The number of aromatic nitrogens is 2. The fourth-order valence-corrected chi connectivity index (χ4v) is 3.62. The minimum absolute atomic E-state index is 0.224. The lowest BCUT2D eigenvalue weighted by atomic mass is 9.95. The van der Waals surface area contributed by atoms with E-state index in [0.717, 1.165) is 55.3 Å². The summed E-state index contributed by atoms with van der Waals surface area (Å²) in [6, 6.07) is 8.11. The van der Waals surface area contributed by atoms with Crippen LogP contribution in [-0.2, 0) is 18.4 Å². The van der Waals surface area contributed by atoms with Crippen LogP contribution < -0.4 is 11.1 Å². The number of aliphatic imine (C=N–C) groups is 1. The average Bonchev–Trinajstić information content (AvgIpc) is 2.94. The normalized spacial score (nSPS) is 18.3. The van der Waals surface area contributed by atoms with Crippen LogP contribution in [0.25, 0.3) is 11.0 Å². The number of guanidine groups is 1. The van der Waals surface area contributed by atoms with Crippen molar-refractivity contribution in [3.05, 3.63) is 30.1 Å². The third kappa shape index (κ3) is 4.15. The quantitative estimate of drug-likeness (QED) is 0.629. The Hall–Kier alpha value is -2.57. The minimum Gasteiger partial charge on any atom is -0.370 e. The predicted molar refractivity (Wildman–Crippen MR) is 104 cm³/mol. The molecule has 7 heteroatoms. The summed E-state index contributed by atoms with van der Waals surface area (Å²) >= 11 is 0. The number of amides is 1. The van der Waals surface area contributed by atoms with Crippen LogP contribution in [-0.4, -0.2) is 46.0 Å². The second-order valence-corrected chi connectivity index (χ2v) is 6.87. The molecule has 1 aliphatic heterocycles. The van der Waals surface area contributed by atoms with Crippen molar-refractivity contribution in [1.82, 2.24) is 19.8 Å². The van der Waals surface area contributed by atoms with Gasteiger partial charge in [-0.15, -0.1) is 0 Å². The molecule has 0 saturated carbocycles. The van der Waals surface area contributed by atoms with Gasteiger partial charge in [0.2, 0.25) is 5.91 Å². The van der Waals surface area contributed by atoms with Crippen molar-refractivity contribution in [3.8, 4) is 0 Å². The highest BCUT2D eigenvalue weighted by Crippen LogP contribution is 2.20. The first-order chi connectivity index (χ1) is 12.6. The number of aryl methyl sites for hydroxylation is 1. The number of benzene rings is 1. The van der Waals surface area contributed by atoms with Crippen LogP contribution in [0.5, 0.6) is 0 Å². The molecular formula is C19H28N6O. The second kappa shape index (κ2) is 8.21. The van der Waals surface area contributed by atoms with E-state index in [0.29, 0.717) is 18.9 Å². The third-order valence-corrected chi connectivity index (χ3v) is 4.89. The van der Waals surface area contributed by atoms with Gasteiger partial charge in [-0.2, -0.15) is 0 Å². The van der Waals surface area contributed by atoms with E-state index >= 15 is 0 Å². The largest absolute Gasteiger partial charge is 0.370 e. The first kappa shape index (κ1) is 18.2. The number of carbonyl (C=O) groups is 1. The van der Waals surface area contributed by atoms with E-state index in [-0.39, 0.29) is 5.91 Å². The molecule has 1 amide bonds. The number of nitrogens with two attached hydrogens (primary N) is 1. The van der Waals surface area contributed by atoms with E-state index in [4.69, 9.17) is 15.7 Å². The Morgan fingerprint density at radius 3 is 2.96 bits per heavy atom. The number of primary amides is 1. The molecule has 0 aliphatic carbocycles. The maximum Gasteiger partial charge on any atom is 0.217 e. The summed E-state index contributed by atoms with van der Waals surface area (Å²) in [5.41, 5.74) is 7.48. The zero-order chi connectivity index (χ0) is 18.5. The fourth-order valence-electron chi connectivity index (χ4n) is 3.62. The fraction of sp³-hybridized carbons (Fsp3) is 0.526. The highest BCUT2D eigenvalue weighted by Gasteiger charge is 2.23. The van der Waals surface area contributed by atoms with Gasteiger partial charge >= 0.3 is 0 Å². The van der Waals surface area contributed by atoms with Gasteiger partial charge in [-0.3, -0.25) is 4.79 Å².